The van der Waals surface area contributed by atoms with Gasteiger partial charge in [0, 0.05) is 15.8 Å². The fraction of sp³-hybridized carbons (Fsp3) is 0.667. The predicted molar refractivity (Wildman–Crippen MR) is 110 cm³/mol. The summed E-state index contributed by atoms with van der Waals surface area (Å²) < 4.78 is 0. The van der Waals surface area contributed by atoms with E-state index in [0.717, 1.165) is 22.6 Å². The van der Waals surface area contributed by atoms with Crippen molar-refractivity contribution in [1.29, 1.82) is 0 Å². The molecule has 1 aromatic rings. The fourth-order valence-corrected chi connectivity index (χ4v) is 12.9. The molecule has 0 aromatic heterocycles. The summed E-state index contributed by atoms with van der Waals surface area (Å²) in [5.74, 6) is 0. The van der Waals surface area contributed by atoms with Crippen LogP contribution in [0, 0.1) is 0 Å². The molecule has 146 valence electrons. The molecule has 0 N–H and O–H groups in total. The van der Waals surface area contributed by atoms with E-state index in [-0.39, 0.29) is 15.8 Å². The summed E-state index contributed by atoms with van der Waals surface area (Å²) >= 11 is 3.50. The minimum atomic E-state index is -0.332. The van der Waals surface area contributed by atoms with Gasteiger partial charge in [-0.25, -0.2) is 0 Å². The van der Waals surface area contributed by atoms with Crippen molar-refractivity contribution in [1.82, 2.24) is 0 Å². The van der Waals surface area contributed by atoms with Gasteiger partial charge in [0.1, 0.15) is 10.6 Å². The number of hydrogen-bond donors (Lipinski definition) is 0. The molecule has 0 amide bonds. The predicted octanol–water partition coefficient (Wildman–Crippen LogP) is 5.88. The van der Waals surface area contributed by atoms with Crippen molar-refractivity contribution in [3.8, 4) is 0 Å². The summed E-state index contributed by atoms with van der Waals surface area (Å²) in [6, 6.07) is 9.64. The van der Waals surface area contributed by atoms with Crippen molar-refractivity contribution in [2.75, 3.05) is 0 Å². The first-order valence-corrected chi connectivity index (χ1v) is 17.3. The number of rotatable bonds is 2. The first-order valence-electron chi connectivity index (χ1n) is 8.65. The monoisotopic (exact) mass is 772 g/mol. The zero-order valence-electron chi connectivity index (χ0n) is 14.8. The fourth-order valence-electron chi connectivity index (χ4n) is 4.64. The molecule has 1 aromatic carbocycles. The summed E-state index contributed by atoms with van der Waals surface area (Å²) in [6.07, 6.45) is 5.88. The number of hydrogen-bond acceptors (Lipinski definition) is 0. The summed E-state index contributed by atoms with van der Waals surface area (Å²) in [5, 5.41) is 3.67. The van der Waals surface area contributed by atoms with Gasteiger partial charge in [0.25, 0.3) is 0 Å². The molecule has 2 saturated heterocycles. The van der Waals surface area contributed by atoms with E-state index < -0.39 is 0 Å². The summed E-state index contributed by atoms with van der Waals surface area (Å²) in [4.78, 5) is 0. The Labute approximate surface area is 183 Å². The topological polar surface area (TPSA) is 0 Å². The van der Waals surface area contributed by atoms with E-state index in [9.17, 15) is 0 Å². The van der Waals surface area contributed by atoms with Crippen LogP contribution in [0.3, 0.4) is 0 Å². The van der Waals surface area contributed by atoms with Crippen molar-refractivity contribution in [2.45, 2.75) is 76.0 Å². The summed E-state index contributed by atoms with van der Waals surface area (Å²) in [5.41, 5.74) is 3.91. The summed E-state index contributed by atoms with van der Waals surface area (Å²) in [7, 11) is 8.50. The molecule has 2 aliphatic heterocycles. The third-order valence-electron chi connectivity index (χ3n) is 5.74. The van der Waals surface area contributed by atoms with Crippen LogP contribution in [0.25, 0.3) is 0 Å². The SMILES string of the molecule is C[C@@H]1CC[C@@H](C)[PH+]1c1ccccc1[PH+]1[C@H](C)CC[C@H]1C.[Cl][Au].[Cl][Au]. The molecule has 0 saturated carbocycles. The Kier molecular flexibility index (Phi) is 12.7. The zero-order chi connectivity index (χ0) is 18.3. The molecule has 0 radical (unpaired) electrons. The van der Waals surface area contributed by atoms with E-state index in [1.165, 1.54) is 25.7 Å². The van der Waals surface area contributed by atoms with Crippen molar-refractivity contribution in [3.63, 3.8) is 0 Å². The van der Waals surface area contributed by atoms with E-state index in [1.807, 2.05) is 10.6 Å². The van der Waals surface area contributed by atoms with Gasteiger partial charge in [-0.15, -0.1) is 0 Å². The van der Waals surface area contributed by atoms with Gasteiger partial charge in [-0.3, -0.25) is 0 Å². The van der Waals surface area contributed by atoms with E-state index >= 15 is 0 Å². The molecule has 6 heteroatoms. The van der Waals surface area contributed by atoms with Gasteiger partial charge in [0.05, 0.1) is 22.6 Å². The van der Waals surface area contributed by atoms with Crippen molar-refractivity contribution >= 4 is 44.8 Å². The van der Waals surface area contributed by atoms with Gasteiger partial charge in [-0.1, -0.05) is 12.1 Å². The molecule has 0 spiro atoms. The van der Waals surface area contributed by atoms with Crippen LogP contribution in [0.2, 0.25) is 0 Å². The molecule has 0 nitrogen and oxygen atoms in total. The molecular formula is C18H30Au2Cl2P2+2. The number of halogens is 2. The van der Waals surface area contributed by atoms with Crippen LogP contribution in [0.15, 0.2) is 24.3 Å². The Morgan fingerprint density at radius 2 is 0.917 bits per heavy atom. The molecule has 0 bridgehead atoms. The maximum atomic E-state index is 4.58. The molecule has 0 unspecified atom stereocenters. The normalized spacial score (nSPS) is 30.4. The second kappa shape index (κ2) is 12.6. The molecule has 2 aliphatic rings. The van der Waals surface area contributed by atoms with Crippen LogP contribution in [0.5, 0.6) is 0 Å². The van der Waals surface area contributed by atoms with Gasteiger partial charge in [0.15, 0.2) is 0 Å². The first kappa shape index (κ1) is 24.2. The Morgan fingerprint density at radius 3 is 1.17 bits per heavy atom. The Bertz CT molecular complexity index is 427. The Morgan fingerprint density at radius 1 is 0.667 bits per heavy atom. The van der Waals surface area contributed by atoms with Gasteiger partial charge in [-0.05, 0) is 65.5 Å². The molecule has 3 rings (SSSR count). The van der Waals surface area contributed by atoms with Crippen molar-refractivity contribution < 1.29 is 40.0 Å². The molecule has 0 aliphatic carbocycles. The zero-order valence-corrected chi connectivity index (χ0v) is 22.7. The van der Waals surface area contributed by atoms with Gasteiger partial charge in [-0.2, -0.15) is 0 Å². The quantitative estimate of drug-likeness (QED) is 0.261. The maximum absolute atomic E-state index is 4.58. The van der Waals surface area contributed by atoms with E-state index in [2.05, 4.69) is 70.3 Å². The minimum absolute atomic E-state index is 0.332. The van der Waals surface area contributed by atoms with Crippen LogP contribution in [-0.4, -0.2) is 22.6 Å². The molecular weight excluding hydrogens is 743 g/mol. The third kappa shape index (κ3) is 5.82. The second-order valence-electron chi connectivity index (χ2n) is 7.22. The first-order chi connectivity index (χ1) is 11.6. The average Bonchev–Trinajstić information content (AvgIpc) is 3.13. The van der Waals surface area contributed by atoms with Crippen LogP contribution in [0.4, 0.5) is 0 Å². The van der Waals surface area contributed by atoms with Gasteiger partial charge in [0.2, 0.25) is 0 Å². The number of benzene rings is 1. The third-order valence-corrected chi connectivity index (χ3v) is 13.5. The van der Waals surface area contributed by atoms with E-state index in [0.29, 0.717) is 0 Å². The average molecular weight is 773 g/mol. The molecule has 24 heavy (non-hydrogen) atoms. The van der Waals surface area contributed by atoms with E-state index in [1.54, 1.807) is 40.0 Å². The van der Waals surface area contributed by atoms with Crippen molar-refractivity contribution in [3.05, 3.63) is 24.3 Å². The van der Waals surface area contributed by atoms with Crippen molar-refractivity contribution in [2.24, 2.45) is 0 Å². The molecule has 4 atom stereocenters. The Balaban J connectivity index is 0.000000671. The van der Waals surface area contributed by atoms with E-state index in [4.69, 9.17) is 0 Å². The summed E-state index contributed by atoms with van der Waals surface area (Å²) in [6.45, 7) is 10.1. The second-order valence-corrected chi connectivity index (χ2v) is 14.1. The standard InChI is InChI=1S/C18H28P2.2Au.2ClH/c1-13-9-10-14(2)19(13)17-7-5-6-8-18(17)20-15(3)11-12-16(20)4;;;;/h5-8,13-16H,9-12H2,1-4H3;;;2*1H/q;2*+1;;/t13-,14-,15-,16-;;;;/m1..../s1. The van der Waals surface area contributed by atoms with Gasteiger partial charge < -0.3 is 0 Å². The Hall–Kier alpha value is 2.14. The van der Waals surface area contributed by atoms with Crippen LogP contribution in [-0.2, 0) is 40.0 Å². The molecule has 2 fully saturated rings. The van der Waals surface area contributed by atoms with Crippen LogP contribution >= 0.6 is 34.2 Å². The van der Waals surface area contributed by atoms with Crippen LogP contribution < -0.4 is 10.6 Å². The molecule has 2 heterocycles. The van der Waals surface area contributed by atoms with Gasteiger partial charge >= 0.3 is 58.4 Å². The van der Waals surface area contributed by atoms with Crippen LogP contribution in [0.1, 0.15) is 53.4 Å².